The molecule has 1 atom stereocenters. The number of hydrogen-bond acceptors (Lipinski definition) is 3. The molecule has 1 aromatic heterocycles. The van der Waals surface area contributed by atoms with Crippen molar-refractivity contribution in [3.8, 4) is 11.3 Å². The average molecular weight is 350 g/mol. The second-order valence-electron chi connectivity index (χ2n) is 4.98. The van der Waals surface area contributed by atoms with Crippen molar-refractivity contribution in [1.82, 2.24) is 5.16 Å². The third-order valence-electron chi connectivity index (χ3n) is 3.29. The summed E-state index contributed by atoms with van der Waals surface area (Å²) in [6, 6.07) is 15.7. The van der Waals surface area contributed by atoms with Gasteiger partial charge in [0.25, 0.3) is 0 Å². The Morgan fingerprint density at radius 2 is 1.87 bits per heavy atom. The monoisotopic (exact) mass is 349 g/mol. The number of nitrogens with zero attached hydrogens (tertiary/aromatic N) is 1. The van der Waals surface area contributed by atoms with Crippen molar-refractivity contribution in [3.05, 3.63) is 76.7 Å². The standard InChI is InChI=1S/C17H13ClFNO2S/c18-15-7-4-8-16(19)14(15)11-23(21)10-13-9-17(22-20-13)12-5-2-1-3-6-12/h1-9H,10-11H2/t23-/m1/s1. The minimum atomic E-state index is -1.33. The summed E-state index contributed by atoms with van der Waals surface area (Å²) in [5.74, 6) is 0.387. The van der Waals surface area contributed by atoms with E-state index in [1.165, 1.54) is 12.1 Å². The number of benzene rings is 2. The molecule has 0 bridgehead atoms. The van der Waals surface area contributed by atoms with E-state index in [2.05, 4.69) is 5.16 Å². The van der Waals surface area contributed by atoms with Crippen LogP contribution < -0.4 is 0 Å². The molecule has 0 fully saturated rings. The minimum Gasteiger partial charge on any atom is -0.356 e. The molecule has 0 aliphatic heterocycles. The molecule has 3 nitrogen and oxygen atoms in total. The van der Waals surface area contributed by atoms with Crippen molar-refractivity contribution in [3.63, 3.8) is 0 Å². The Bertz CT molecular complexity index is 815. The first-order chi connectivity index (χ1) is 11.1. The van der Waals surface area contributed by atoms with Crippen LogP contribution in [0.3, 0.4) is 0 Å². The maximum absolute atomic E-state index is 13.7. The van der Waals surface area contributed by atoms with Crippen LogP contribution in [0.25, 0.3) is 11.3 Å². The van der Waals surface area contributed by atoms with E-state index in [0.717, 1.165) is 5.56 Å². The fourth-order valence-electron chi connectivity index (χ4n) is 2.17. The molecular weight excluding hydrogens is 337 g/mol. The molecule has 23 heavy (non-hydrogen) atoms. The van der Waals surface area contributed by atoms with Gasteiger partial charge in [0, 0.05) is 33.0 Å². The Kier molecular flexibility index (Phi) is 4.88. The van der Waals surface area contributed by atoms with Crippen LogP contribution in [0.2, 0.25) is 5.02 Å². The van der Waals surface area contributed by atoms with Gasteiger partial charge in [0.2, 0.25) is 0 Å². The summed E-state index contributed by atoms with van der Waals surface area (Å²) in [4.78, 5) is 0. The van der Waals surface area contributed by atoms with Crippen LogP contribution in [0.5, 0.6) is 0 Å². The number of halogens is 2. The highest BCUT2D eigenvalue weighted by Gasteiger charge is 2.14. The lowest BCUT2D eigenvalue weighted by Crippen LogP contribution is -2.02. The van der Waals surface area contributed by atoms with Gasteiger partial charge in [-0.05, 0) is 12.1 Å². The molecule has 0 aliphatic carbocycles. The molecule has 0 amide bonds. The Balaban J connectivity index is 1.70. The lowest BCUT2D eigenvalue weighted by Gasteiger charge is -2.04. The van der Waals surface area contributed by atoms with Gasteiger partial charge in [0.05, 0.1) is 17.2 Å². The van der Waals surface area contributed by atoms with Crippen molar-refractivity contribution in [2.45, 2.75) is 11.5 Å². The molecule has 0 aliphatic rings. The Hall–Kier alpha value is -1.98. The average Bonchev–Trinajstić information content (AvgIpc) is 3.00. The highest BCUT2D eigenvalue weighted by Crippen LogP contribution is 2.23. The summed E-state index contributed by atoms with van der Waals surface area (Å²) in [5, 5.41) is 4.21. The Morgan fingerprint density at radius 1 is 1.09 bits per heavy atom. The first kappa shape index (κ1) is 15.9. The summed E-state index contributed by atoms with van der Waals surface area (Å²) in [7, 11) is -1.33. The fourth-order valence-corrected chi connectivity index (χ4v) is 3.66. The molecule has 118 valence electrons. The molecule has 0 saturated heterocycles. The zero-order valence-corrected chi connectivity index (χ0v) is 13.6. The van der Waals surface area contributed by atoms with Crippen LogP contribution in [0, 0.1) is 5.82 Å². The first-order valence-electron chi connectivity index (χ1n) is 6.92. The maximum atomic E-state index is 13.7. The van der Waals surface area contributed by atoms with E-state index in [-0.39, 0.29) is 22.1 Å². The third-order valence-corrected chi connectivity index (χ3v) is 4.88. The molecule has 1 heterocycles. The molecule has 6 heteroatoms. The molecule has 2 aromatic carbocycles. The molecule has 0 saturated carbocycles. The zero-order valence-electron chi connectivity index (χ0n) is 12.0. The molecule has 3 rings (SSSR count). The largest absolute Gasteiger partial charge is 0.356 e. The van der Waals surface area contributed by atoms with Gasteiger partial charge in [0.1, 0.15) is 5.82 Å². The van der Waals surface area contributed by atoms with Crippen molar-refractivity contribution >= 4 is 22.4 Å². The number of rotatable bonds is 5. The molecular formula is C17H13ClFNO2S. The number of hydrogen-bond donors (Lipinski definition) is 0. The fraction of sp³-hybridized carbons (Fsp3) is 0.118. The van der Waals surface area contributed by atoms with E-state index in [9.17, 15) is 8.60 Å². The summed E-state index contributed by atoms with van der Waals surface area (Å²) in [6.45, 7) is 0. The topological polar surface area (TPSA) is 43.1 Å². The predicted molar refractivity (Wildman–Crippen MR) is 88.9 cm³/mol. The lowest BCUT2D eigenvalue weighted by molar-refractivity contribution is 0.426. The normalized spacial score (nSPS) is 12.3. The molecule has 0 radical (unpaired) electrons. The first-order valence-corrected chi connectivity index (χ1v) is 8.79. The molecule has 0 unspecified atom stereocenters. The third kappa shape index (κ3) is 3.86. The zero-order chi connectivity index (χ0) is 16.2. The highest BCUT2D eigenvalue weighted by atomic mass is 35.5. The second-order valence-corrected chi connectivity index (χ2v) is 6.84. The van der Waals surface area contributed by atoms with Gasteiger partial charge in [-0.3, -0.25) is 4.21 Å². The van der Waals surface area contributed by atoms with Crippen LogP contribution in [0.1, 0.15) is 11.3 Å². The minimum absolute atomic E-state index is 0.0407. The molecule has 3 aromatic rings. The van der Waals surface area contributed by atoms with Crippen molar-refractivity contribution in [1.29, 1.82) is 0 Å². The van der Waals surface area contributed by atoms with Crippen molar-refractivity contribution < 1.29 is 13.1 Å². The smallest absolute Gasteiger partial charge is 0.167 e. The summed E-state index contributed by atoms with van der Waals surface area (Å²) in [6.07, 6.45) is 0. The van der Waals surface area contributed by atoms with Crippen molar-refractivity contribution in [2.75, 3.05) is 0 Å². The van der Waals surface area contributed by atoms with E-state index < -0.39 is 16.6 Å². The van der Waals surface area contributed by atoms with Crippen molar-refractivity contribution in [2.24, 2.45) is 0 Å². The van der Waals surface area contributed by atoms with E-state index in [1.54, 1.807) is 12.1 Å². The maximum Gasteiger partial charge on any atom is 0.167 e. The van der Waals surface area contributed by atoms with Crippen LogP contribution in [-0.4, -0.2) is 9.37 Å². The Labute approximate surface area is 140 Å². The molecule has 0 spiro atoms. The summed E-state index contributed by atoms with van der Waals surface area (Å²) in [5.41, 5.74) is 1.73. The van der Waals surface area contributed by atoms with Crippen LogP contribution in [-0.2, 0) is 22.3 Å². The van der Waals surface area contributed by atoms with Crippen LogP contribution >= 0.6 is 11.6 Å². The quantitative estimate of drug-likeness (QED) is 0.677. The van der Waals surface area contributed by atoms with Gasteiger partial charge in [-0.25, -0.2) is 4.39 Å². The van der Waals surface area contributed by atoms with Crippen LogP contribution in [0.4, 0.5) is 4.39 Å². The Morgan fingerprint density at radius 3 is 2.61 bits per heavy atom. The molecule has 0 N–H and O–H groups in total. The second kappa shape index (κ2) is 7.06. The van der Waals surface area contributed by atoms with Gasteiger partial charge < -0.3 is 4.52 Å². The van der Waals surface area contributed by atoms with Gasteiger partial charge in [0.15, 0.2) is 5.76 Å². The van der Waals surface area contributed by atoms with Crippen LogP contribution in [0.15, 0.2) is 59.1 Å². The summed E-state index contributed by atoms with van der Waals surface area (Å²) < 4.78 is 31.2. The SMILES string of the molecule is O=[S@](Cc1cc(-c2ccccc2)on1)Cc1c(F)cccc1Cl. The van der Waals surface area contributed by atoms with E-state index in [4.69, 9.17) is 16.1 Å². The van der Waals surface area contributed by atoms with E-state index in [0.29, 0.717) is 11.5 Å². The van der Waals surface area contributed by atoms with Gasteiger partial charge in [-0.1, -0.05) is 53.2 Å². The predicted octanol–water partition coefficient (Wildman–Crippen LogP) is 4.58. The van der Waals surface area contributed by atoms with Gasteiger partial charge in [-0.2, -0.15) is 0 Å². The van der Waals surface area contributed by atoms with E-state index >= 15 is 0 Å². The van der Waals surface area contributed by atoms with Gasteiger partial charge >= 0.3 is 0 Å². The highest BCUT2D eigenvalue weighted by molar-refractivity contribution is 7.83. The number of aromatic nitrogens is 1. The summed E-state index contributed by atoms with van der Waals surface area (Å²) >= 11 is 5.95. The van der Waals surface area contributed by atoms with Gasteiger partial charge in [-0.15, -0.1) is 0 Å². The lowest BCUT2D eigenvalue weighted by atomic mass is 10.2. The van der Waals surface area contributed by atoms with E-state index in [1.807, 2.05) is 30.3 Å².